The Bertz CT molecular complexity index is 523. The molecule has 1 aliphatic heterocycles. The Labute approximate surface area is 94.5 Å². The monoisotopic (exact) mass is 216 g/mol. The number of anilines is 1. The average molecular weight is 216 g/mol. The molecule has 4 heteroatoms. The van der Waals surface area contributed by atoms with Gasteiger partial charge in [0.2, 0.25) is 5.95 Å². The summed E-state index contributed by atoms with van der Waals surface area (Å²) in [5, 5.41) is 3.36. The lowest BCUT2D eigenvalue weighted by Gasteiger charge is -2.13. The van der Waals surface area contributed by atoms with Crippen LogP contribution in [0.1, 0.15) is 18.0 Å². The first-order valence-electron chi connectivity index (χ1n) is 5.71. The van der Waals surface area contributed by atoms with E-state index in [2.05, 4.69) is 40.0 Å². The maximum absolute atomic E-state index is 6.03. The van der Waals surface area contributed by atoms with E-state index in [1.54, 1.807) is 0 Å². The maximum atomic E-state index is 6.03. The highest BCUT2D eigenvalue weighted by molar-refractivity contribution is 5.81. The van der Waals surface area contributed by atoms with E-state index in [4.69, 9.17) is 5.73 Å². The van der Waals surface area contributed by atoms with Crippen LogP contribution in [0.15, 0.2) is 18.2 Å². The molecule has 3 N–H and O–H groups in total. The van der Waals surface area contributed by atoms with Gasteiger partial charge in [-0.3, -0.25) is 0 Å². The SMILES string of the molecule is Cc1cccc2c1nc(N)n2C1CCNC1. The first-order valence-corrected chi connectivity index (χ1v) is 5.71. The van der Waals surface area contributed by atoms with Gasteiger partial charge in [0.15, 0.2) is 0 Å². The molecule has 0 aliphatic carbocycles. The molecule has 1 atom stereocenters. The number of hydrogen-bond acceptors (Lipinski definition) is 3. The van der Waals surface area contributed by atoms with Crippen LogP contribution in [0.25, 0.3) is 11.0 Å². The minimum atomic E-state index is 0.451. The van der Waals surface area contributed by atoms with Crippen molar-refractivity contribution in [3.05, 3.63) is 23.8 Å². The second-order valence-corrected chi connectivity index (χ2v) is 4.43. The topological polar surface area (TPSA) is 55.9 Å². The van der Waals surface area contributed by atoms with E-state index in [1.807, 2.05) is 0 Å². The Hall–Kier alpha value is -1.55. The molecule has 1 saturated heterocycles. The van der Waals surface area contributed by atoms with Gasteiger partial charge in [-0.1, -0.05) is 12.1 Å². The number of fused-ring (bicyclic) bond motifs is 1. The third kappa shape index (κ3) is 1.30. The highest BCUT2D eigenvalue weighted by Crippen LogP contribution is 2.27. The van der Waals surface area contributed by atoms with Gasteiger partial charge in [0.1, 0.15) is 0 Å². The number of benzene rings is 1. The predicted octanol–water partition coefficient (Wildman–Crippen LogP) is 1.46. The van der Waals surface area contributed by atoms with Crippen molar-refractivity contribution in [2.75, 3.05) is 18.8 Å². The van der Waals surface area contributed by atoms with Crippen LogP contribution in [-0.4, -0.2) is 22.6 Å². The van der Waals surface area contributed by atoms with Crippen molar-refractivity contribution < 1.29 is 0 Å². The molecule has 0 saturated carbocycles. The molecule has 16 heavy (non-hydrogen) atoms. The standard InChI is InChI=1S/C12H16N4/c1-8-3-2-4-10-11(8)15-12(13)16(10)9-5-6-14-7-9/h2-4,9,14H,5-7H2,1H3,(H2,13,15). The first kappa shape index (κ1) is 9.66. The number of nitrogens with one attached hydrogen (secondary N) is 1. The molecular formula is C12H16N4. The van der Waals surface area contributed by atoms with Crippen molar-refractivity contribution >= 4 is 17.0 Å². The number of aromatic nitrogens is 2. The fraction of sp³-hybridized carbons (Fsp3) is 0.417. The zero-order valence-electron chi connectivity index (χ0n) is 9.40. The van der Waals surface area contributed by atoms with Gasteiger partial charge < -0.3 is 15.6 Å². The van der Waals surface area contributed by atoms with Crippen LogP contribution in [0, 0.1) is 6.92 Å². The van der Waals surface area contributed by atoms with Gasteiger partial charge in [0.05, 0.1) is 17.1 Å². The van der Waals surface area contributed by atoms with Gasteiger partial charge in [-0.05, 0) is 31.5 Å². The summed E-state index contributed by atoms with van der Waals surface area (Å²) in [6.07, 6.45) is 1.13. The summed E-state index contributed by atoms with van der Waals surface area (Å²) in [7, 11) is 0. The Morgan fingerprint density at radius 2 is 2.38 bits per heavy atom. The molecule has 2 heterocycles. The molecule has 4 nitrogen and oxygen atoms in total. The molecule has 2 aromatic rings. The fourth-order valence-electron chi connectivity index (χ4n) is 2.52. The van der Waals surface area contributed by atoms with Gasteiger partial charge in [-0.15, -0.1) is 0 Å². The van der Waals surface area contributed by atoms with Crippen LogP contribution in [0.3, 0.4) is 0 Å². The van der Waals surface area contributed by atoms with Crippen LogP contribution in [0.2, 0.25) is 0 Å². The zero-order valence-corrected chi connectivity index (χ0v) is 9.40. The summed E-state index contributed by atoms with van der Waals surface area (Å²) in [4.78, 5) is 4.47. The molecule has 1 aliphatic rings. The largest absolute Gasteiger partial charge is 0.369 e. The van der Waals surface area contributed by atoms with Gasteiger partial charge in [0, 0.05) is 6.54 Å². The van der Waals surface area contributed by atoms with E-state index in [0.29, 0.717) is 12.0 Å². The predicted molar refractivity (Wildman–Crippen MR) is 65.4 cm³/mol. The van der Waals surface area contributed by atoms with Crippen LogP contribution >= 0.6 is 0 Å². The molecule has 1 unspecified atom stereocenters. The molecule has 84 valence electrons. The van der Waals surface area contributed by atoms with E-state index in [1.165, 1.54) is 5.56 Å². The quantitative estimate of drug-likeness (QED) is 0.758. The fourth-order valence-corrected chi connectivity index (χ4v) is 2.52. The maximum Gasteiger partial charge on any atom is 0.201 e. The van der Waals surface area contributed by atoms with Crippen molar-refractivity contribution in [2.24, 2.45) is 0 Å². The van der Waals surface area contributed by atoms with Gasteiger partial charge in [-0.25, -0.2) is 4.98 Å². The van der Waals surface area contributed by atoms with Crippen molar-refractivity contribution in [3.8, 4) is 0 Å². The van der Waals surface area contributed by atoms with Crippen LogP contribution in [-0.2, 0) is 0 Å². The number of para-hydroxylation sites is 1. The minimum Gasteiger partial charge on any atom is -0.369 e. The second kappa shape index (κ2) is 3.49. The summed E-state index contributed by atoms with van der Waals surface area (Å²) in [5.74, 6) is 0.637. The lowest BCUT2D eigenvalue weighted by molar-refractivity contribution is 0.569. The number of rotatable bonds is 1. The van der Waals surface area contributed by atoms with Crippen LogP contribution in [0.5, 0.6) is 0 Å². The minimum absolute atomic E-state index is 0.451. The van der Waals surface area contributed by atoms with Gasteiger partial charge in [-0.2, -0.15) is 0 Å². The third-order valence-electron chi connectivity index (χ3n) is 3.35. The number of nitrogens with two attached hydrogens (primary N) is 1. The van der Waals surface area contributed by atoms with E-state index >= 15 is 0 Å². The van der Waals surface area contributed by atoms with E-state index in [0.717, 1.165) is 30.5 Å². The Morgan fingerprint density at radius 1 is 1.50 bits per heavy atom. The molecular weight excluding hydrogens is 200 g/mol. The van der Waals surface area contributed by atoms with E-state index in [-0.39, 0.29) is 0 Å². The van der Waals surface area contributed by atoms with E-state index in [9.17, 15) is 0 Å². The molecule has 1 aromatic heterocycles. The summed E-state index contributed by atoms with van der Waals surface area (Å²) < 4.78 is 2.17. The molecule has 3 rings (SSSR count). The van der Waals surface area contributed by atoms with E-state index < -0.39 is 0 Å². The second-order valence-electron chi connectivity index (χ2n) is 4.43. The molecule has 0 amide bonds. The molecule has 1 aromatic carbocycles. The highest BCUT2D eigenvalue weighted by atomic mass is 15.2. The Balaban J connectivity index is 2.22. The van der Waals surface area contributed by atoms with Crippen molar-refractivity contribution in [1.29, 1.82) is 0 Å². The number of imidazole rings is 1. The summed E-state index contributed by atoms with van der Waals surface area (Å²) >= 11 is 0. The van der Waals surface area contributed by atoms with Crippen molar-refractivity contribution in [2.45, 2.75) is 19.4 Å². The number of aryl methyl sites for hydroxylation is 1. The number of nitrogens with zero attached hydrogens (tertiary/aromatic N) is 2. The third-order valence-corrected chi connectivity index (χ3v) is 3.35. The molecule has 0 bridgehead atoms. The molecule has 0 spiro atoms. The van der Waals surface area contributed by atoms with Crippen LogP contribution < -0.4 is 11.1 Å². The lowest BCUT2D eigenvalue weighted by atomic mass is 10.2. The average Bonchev–Trinajstić information content (AvgIpc) is 2.85. The van der Waals surface area contributed by atoms with Crippen molar-refractivity contribution in [1.82, 2.24) is 14.9 Å². The van der Waals surface area contributed by atoms with Crippen molar-refractivity contribution in [3.63, 3.8) is 0 Å². The smallest absolute Gasteiger partial charge is 0.201 e. The summed E-state index contributed by atoms with van der Waals surface area (Å²) in [6.45, 7) is 4.13. The summed E-state index contributed by atoms with van der Waals surface area (Å²) in [5.41, 5.74) is 9.41. The zero-order chi connectivity index (χ0) is 11.1. The normalized spacial score (nSPS) is 20.7. The number of hydrogen-bond donors (Lipinski definition) is 2. The van der Waals surface area contributed by atoms with Gasteiger partial charge >= 0.3 is 0 Å². The first-order chi connectivity index (χ1) is 7.77. The summed E-state index contributed by atoms with van der Waals surface area (Å²) in [6, 6.07) is 6.69. The Morgan fingerprint density at radius 3 is 3.12 bits per heavy atom. The van der Waals surface area contributed by atoms with Gasteiger partial charge in [0.25, 0.3) is 0 Å². The molecule has 1 fully saturated rings. The highest BCUT2D eigenvalue weighted by Gasteiger charge is 2.21. The number of nitrogen functional groups attached to an aromatic ring is 1. The lowest BCUT2D eigenvalue weighted by Crippen LogP contribution is -2.15. The molecule has 0 radical (unpaired) electrons. The Kier molecular flexibility index (Phi) is 2.11. The van der Waals surface area contributed by atoms with Crippen LogP contribution in [0.4, 0.5) is 5.95 Å².